The van der Waals surface area contributed by atoms with E-state index >= 15 is 0 Å². The lowest BCUT2D eigenvalue weighted by atomic mass is 10.3. The summed E-state index contributed by atoms with van der Waals surface area (Å²) in [5, 5.41) is 0. The molecule has 0 fully saturated rings. The predicted octanol–water partition coefficient (Wildman–Crippen LogP) is -0.834. The fraction of sp³-hybridized carbons (Fsp3) is 0.667. The van der Waals surface area contributed by atoms with Crippen LogP contribution in [0.15, 0.2) is 25.3 Å². The molecule has 1 unspecified atom stereocenters. The van der Waals surface area contributed by atoms with Gasteiger partial charge in [-0.3, -0.25) is 4.48 Å². The van der Waals surface area contributed by atoms with Crippen molar-refractivity contribution in [3.63, 3.8) is 0 Å². The van der Waals surface area contributed by atoms with Crippen molar-refractivity contribution in [2.24, 2.45) is 0 Å². The first kappa shape index (κ1) is 18.0. The van der Waals surface area contributed by atoms with Crippen LogP contribution in [0.5, 0.6) is 0 Å². The highest BCUT2D eigenvalue weighted by Crippen LogP contribution is 2.12. The summed E-state index contributed by atoms with van der Waals surface area (Å²) in [5.41, 5.74) is 0. The van der Waals surface area contributed by atoms with Gasteiger partial charge < -0.3 is 21.9 Å². The highest BCUT2D eigenvalue weighted by atomic mass is 35.5. The van der Waals surface area contributed by atoms with Crippen molar-refractivity contribution in [3.05, 3.63) is 25.3 Å². The Morgan fingerprint density at radius 1 is 1.19 bits per heavy atom. The van der Waals surface area contributed by atoms with Gasteiger partial charge in [-0.1, -0.05) is 19.1 Å². The highest BCUT2D eigenvalue weighted by molar-refractivity contribution is 4.64. The van der Waals surface area contributed by atoms with Gasteiger partial charge in [-0.2, -0.15) is 0 Å². The maximum atomic E-state index is 5.68. The Hall–Kier alpha value is -0.350. The van der Waals surface area contributed by atoms with E-state index in [9.17, 15) is 0 Å². The van der Waals surface area contributed by atoms with E-state index in [-0.39, 0.29) is 18.6 Å². The monoisotopic (exact) mass is 249 g/mol. The molecule has 0 aliphatic heterocycles. The van der Waals surface area contributed by atoms with E-state index in [0.717, 1.165) is 6.42 Å². The van der Waals surface area contributed by atoms with Crippen LogP contribution in [0, 0.1) is 0 Å². The van der Waals surface area contributed by atoms with E-state index in [1.54, 1.807) is 12.2 Å². The van der Waals surface area contributed by atoms with Gasteiger partial charge in [0, 0.05) is 6.42 Å². The zero-order valence-electron chi connectivity index (χ0n) is 10.6. The molecule has 1 atom stereocenters. The largest absolute Gasteiger partial charge is 1.00 e. The molecule has 0 aromatic rings. The normalized spacial score (nSPS) is 12.7. The fourth-order valence-corrected chi connectivity index (χ4v) is 1.45. The molecule has 0 saturated carbocycles. The van der Waals surface area contributed by atoms with Gasteiger partial charge in [0.1, 0.15) is 0 Å². The molecule has 0 aromatic carbocycles. The summed E-state index contributed by atoms with van der Waals surface area (Å²) in [5.74, 6) is 0. The summed E-state index contributed by atoms with van der Waals surface area (Å²) in [7, 11) is 4.20. The second-order valence-corrected chi connectivity index (χ2v) is 4.05. The predicted molar refractivity (Wildman–Crippen MR) is 63.4 cm³/mol. The Morgan fingerprint density at radius 3 is 2.19 bits per heavy atom. The quantitative estimate of drug-likeness (QED) is 0.230. The number of quaternary nitrogens is 1. The summed E-state index contributed by atoms with van der Waals surface area (Å²) in [6.07, 6.45) is 4.63. The molecular weight excluding hydrogens is 226 g/mol. The molecule has 4 heteroatoms. The molecule has 0 aliphatic carbocycles. The zero-order valence-corrected chi connectivity index (χ0v) is 11.4. The van der Waals surface area contributed by atoms with E-state index in [4.69, 9.17) is 9.47 Å². The Kier molecular flexibility index (Phi) is 11.1. The van der Waals surface area contributed by atoms with Gasteiger partial charge in [0.25, 0.3) is 0 Å². The fourth-order valence-electron chi connectivity index (χ4n) is 1.45. The third-order valence-electron chi connectivity index (χ3n) is 2.20. The van der Waals surface area contributed by atoms with Crippen LogP contribution >= 0.6 is 0 Å². The minimum absolute atomic E-state index is 0. The number of ether oxygens (including phenoxy) is 2. The molecule has 0 radical (unpaired) electrons. The molecule has 0 spiro atoms. The van der Waals surface area contributed by atoms with Crippen LogP contribution in [0.2, 0.25) is 0 Å². The van der Waals surface area contributed by atoms with E-state index in [2.05, 4.69) is 34.2 Å². The van der Waals surface area contributed by atoms with Crippen molar-refractivity contribution < 1.29 is 26.4 Å². The first-order valence-electron chi connectivity index (χ1n) is 5.32. The van der Waals surface area contributed by atoms with Crippen LogP contribution in [0.3, 0.4) is 0 Å². The standard InChI is InChI=1S/C12H24NO2.ClH/c1-6-9-14-11-13(4,5)12(8-3)15-10-7-2;/h6-7,12H,1-2,8-11H2,3-5H3;1H/q+1;/p-1. The first-order chi connectivity index (χ1) is 7.08. The summed E-state index contributed by atoms with van der Waals surface area (Å²) in [6, 6.07) is 0. The molecule has 0 bridgehead atoms. The topological polar surface area (TPSA) is 18.5 Å². The summed E-state index contributed by atoms with van der Waals surface area (Å²) < 4.78 is 11.8. The SMILES string of the molecule is C=CCOC[N+](C)(C)C(CC)OCC=C.[Cl-]. The summed E-state index contributed by atoms with van der Waals surface area (Å²) >= 11 is 0. The molecule has 0 N–H and O–H groups in total. The van der Waals surface area contributed by atoms with Crippen LogP contribution in [0.4, 0.5) is 0 Å². The van der Waals surface area contributed by atoms with Gasteiger partial charge in [0.2, 0.25) is 0 Å². The Labute approximate surface area is 106 Å². The molecule has 0 amide bonds. The zero-order chi connectivity index (χ0) is 11.7. The molecule has 0 saturated heterocycles. The Bertz CT molecular complexity index is 195. The van der Waals surface area contributed by atoms with Gasteiger partial charge in [-0.15, -0.1) is 13.2 Å². The van der Waals surface area contributed by atoms with Crippen LogP contribution in [-0.4, -0.2) is 44.8 Å². The van der Waals surface area contributed by atoms with Crippen molar-refractivity contribution in [2.75, 3.05) is 34.0 Å². The van der Waals surface area contributed by atoms with E-state index in [1.165, 1.54) is 0 Å². The van der Waals surface area contributed by atoms with Crippen LogP contribution in [-0.2, 0) is 9.47 Å². The minimum Gasteiger partial charge on any atom is -1.00 e. The molecule has 0 aromatic heterocycles. The van der Waals surface area contributed by atoms with Gasteiger partial charge in [-0.05, 0) is 0 Å². The van der Waals surface area contributed by atoms with Gasteiger partial charge in [0.15, 0.2) is 13.0 Å². The number of hydrogen-bond acceptors (Lipinski definition) is 2. The Morgan fingerprint density at radius 2 is 1.75 bits per heavy atom. The smallest absolute Gasteiger partial charge is 0.194 e. The van der Waals surface area contributed by atoms with Gasteiger partial charge in [-0.25, -0.2) is 0 Å². The average Bonchev–Trinajstić information content (AvgIpc) is 2.19. The maximum Gasteiger partial charge on any atom is 0.194 e. The summed E-state index contributed by atoms with van der Waals surface area (Å²) in [6.45, 7) is 11.2. The molecule has 96 valence electrons. The van der Waals surface area contributed by atoms with Crippen LogP contribution < -0.4 is 12.4 Å². The van der Waals surface area contributed by atoms with Gasteiger partial charge in [0.05, 0.1) is 27.3 Å². The van der Waals surface area contributed by atoms with Crippen LogP contribution in [0.25, 0.3) is 0 Å². The Balaban J connectivity index is 0. The average molecular weight is 250 g/mol. The van der Waals surface area contributed by atoms with E-state index in [1.807, 2.05) is 0 Å². The number of nitrogens with zero attached hydrogens (tertiary/aromatic N) is 1. The van der Waals surface area contributed by atoms with Crippen LogP contribution in [0.1, 0.15) is 13.3 Å². The molecule has 0 aliphatic rings. The highest BCUT2D eigenvalue weighted by Gasteiger charge is 2.27. The van der Waals surface area contributed by atoms with Crippen molar-refractivity contribution in [1.29, 1.82) is 0 Å². The lowest BCUT2D eigenvalue weighted by Gasteiger charge is -2.36. The van der Waals surface area contributed by atoms with Crippen molar-refractivity contribution >= 4 is 0 Å². The minimum atomic E-state index is 0. The third kappa shape index (κ3) is 7.01. The maximum absolute atomic E-state index is 5.68. The lowest BCUT2D eigenvalue weighted by Crippen LogP contribution is -3.00. The number of rotatable bonds is 9. The molecule has 3 nitrogen and oxygen atoms in total. The second-order valence-electron chi connectivity index (χ2n) is 4.05. The molecular formula is C12H24ClNO2. The van der Waals surface area contributed by atoms with Crippen molar-refractivity contribution in [1.82, 2.24) is 0 Å². The van der Waals surface area contributed by atoms with E-state index < -0.39 is 0 Å². The lowest BCUT2D eigenvalue weighted by molar-refractivity contribution is -0.954. The van der Waals surface area contributed by atoms with Crippen molar-refractivity contribution in [3.8, 4) is 0 Å². The molecule has 0 rings (SSSR count). The number of hydrogen-bond donors (Lipinski definition) is 0. The number of halogens is 1. The van der Waals surface area contributed by atoms with Gasteiger partial charge >= 0.3 is 0 Å². The van der Waals surface area contributed by atoms with E-state index in [0.29, 0.717) is 24.4 Å². The first-order valence-corrected chi connectivity index (χ1v) is 5.32. The summed E-state index contributed by atoms with van der Waals surface area (Å²) in [4.78, 5) is 0. The molecule has 0 heterocycles. The third-order valence-corrected chi connectivity index (χ3v) is 2.20. The molecule has 16 heavy (non-hydrogen) atoms. The second kappa shape index (κ2) is 9.85. The van der Waals surface area contributed by atoms with Crippen molar-refractivity contribution in [2.45, 2.75) is 19.6 Å².